The van der Waals surface area contributed by atoms with Gasteiger partial charge in [-0.1, -0.05) is 0 Å². The van der Waals surface area contributed by atoms with Gasteiger partial charge >= 0.3 is 0 Å². The second-order valence-corrected chi connectivity index (χ2v) is 3.70. The Hall–Kier alpha value is -0.160. The average Bonchev–Trinajstić information content (AvgIpc) is 2.27. The summed E-state index contributed by atoms with van der Waals surface area (Å²) in [6, 6.07) is 0.304. The Labute approximate surface area is 64.8 Å². The van der Waals surface area contributed by atoms with Crippen molar-refractivity contribution < 1.29 is 20.6 Å². The molecule has 2 heterocycles. The lowest BCUT2D eigenvalue weighted by Gasteiger charge is -2.34. The van der Waals surface area contributed by atoms with Gasteiger partial charge in [-0.25, -0.2) is 0 Å². The number of rotatable bonds is 0. The molecule has 2 aliphatic heterocycles. The van der Waals surface area contributed by atoms with Gasteiger partial charge in [-0.15, -0.1) is 0 Å². The third kappa shape index (κ3) is 0.980. The summed E-state index contributed by atoms with van der Waals surface area (Å²) in [5, 5.41) is 30.2. The van der Waals surface area contributed by atoms with Gasteiger partial charge in [0.2, 0.25) is 5.72 Å². The summed E-state index contributed by atoms with van der Waals surface area (Å²) >= 11 is 0. The molecule has 0 aliphatic carbocycles. The van der Waals surface area contributed by atoms with Crippen molar-refractivity contribution in [3.63, 3.8) is 0 Å². The first-order valence-corrected chi connectivity index (χ1v) is 4.06. The lowest BCUT2D eigenvalue weighted by molar-refractivity contribution is -0.792. The van der Waals surface area contributed by atoms with Crippen molar-refractivity contribution in [2.45, 2.75) is 43.2 Å². The Morgan fingerprint density at radius 2 is 2.09 bits per heavy atom. The smallest absolute Gasteiger partial charge is 0.227 e. The van der Waals surface area contributed by atoms with E-state index >= 15 is 0 Å². The standard InChI is InChI=1S/C7H13NO3/c9-5-3-4-1-2-7(11,8-4)6(5)10/h4-6,8-11H,1-3H2/p+1. The molecule has 0 aromatic rings. The third-order valence-corrected chi connectivity index (χ3v) is 2.86. The predicted molar refractivity (Wildman–Crippen MR) is 36.5 cm³/mol. The van der Waals surface area contributed by atoms with Crippen LogP contribution in [0.15, 0.2) is 0 Å². The Morgan fingerprint density at radius 1 is 1.36 bits per heavy atom. The van der Waals surface area contributed by atoms with E-state index in [2.05, 4.69) is 0 Å². The van der Waals surface area contributed by atoms with Crippen molar-refractivity contribution in [3.8, 4) is 0 Å². The Bertz CT molecular complexity index is 175. The molecule has 64 valence electrons. The Balaban J connectivity index is 2.21. The number of nitrogens with two attached hydrogens (primary N) is 1. The lowest BCUT2D eigenvalue weighted by atomic mass is 9.96. The fourth-order valence-corrected chi connectivity index (χ4v) is 2.20. The number of aliphatic hydroxyl groups excluding tert-OH is 2. The molecule has 0 radical (unpaired) electrons. The van der Waals surface area contributed by atoms with Gasteiger partial charge in [0.25, 0.3) is 0 Å². The van der Waals surface area contributed by atoms with E-state index < -0.39 is 17.9 Å². The number of aliphatic hydroxyl groups is 3. The molecule has 2 saturated heterocycles. The van der Waals surface area contributed by atoms with Gasteiger partial charge in [0.05, 0.1) is 12.1 Å². The molecular formula is C7H14NO3+. The molecule has 2 bridgehead atoms. The van der Waals surface area contributed by atoms with Crippen molar-refractivity contribution in [1.82, 2.24) is 0 Å². The van der Waals surface area contributed by atoms with Crippen LogP contribution in [-0.4, -0.2) is 39.3 Å². The predicted octanol–water partition coefficient (Wildman–Crippen LogP) is -2.47. The van der Waals surface area contributed by atoms with Gasteiger partial charge in [0.1, 0.15) is 0 Å². The molecule has 0 saturated carbocycles. The van der Waals surface area contributed by atoms with Crippen LogP contribution < -0.4 is 5.32 Å². The Morgan fingerprint density at radius 3 is 2.82 bits per heavy atom. The van der Waals surface area contributed by atoms with Gasteiger partial charge in [-0.05, 0) is 0 Å². The van der Waals surface area contributed by atoms with Gasteiger partial charge in [0, 0.05) is 19.3 Å². The van der Waals surface area contributed by atoms with Crippen LogP contribution in [0.1, 0.15) is 19.3 Å². The molecule has 2 rings (SSSR count). The fraction of sp³-hybridized carbons (Fsp3) is 1.00. The normalized spacial score (nSPS) is 56.5. The van der Waals surface area contributed by atoms with E-state index in [0.29, 0.717) is 18.9 Å². The highest BCUT2D eigenvalue weighted by atomic mass is 16.4. The summed E-state index contributed by atoms with van der Waals surface area (Å²) in [6.45, 7) is 0. The van der Waals surface area contributed by atoms with Gasteiger partial charge in [0.15, 0.2) is 6.10 Å². The first kappa shape index (κ1) is 7.49. The van der Waals surface area contributed by atoms with E-state index in [0.717, 1.165) is 6.42 Å². The lowest BCUT2D eigenvalue weighted by Crippen LogP contribution is -3.03. The number of hydrogen-bond acceptors (Lipinski definition) is 3. The summed E-state index contributed by atoms with van der Waals surface area (Å²) in [5.74, 6) is 0. The van der Waals surface area contributed by atoms with Crippen LogP contribution in [0.5, 0.6) is 0 Å². The Kier molecular flexibility index (Phi) is 1.47. The number of piperidine rings is 1. The van der Waals surface area contributed by atoms with E-state index in [1.54, 1.807) is 5.32 Å². The van der Waals surface area contributed by atoms with Crippen molar-refractivity contribution in [2.24, 2.45) is 0 Å². The largest absolute Gasteiger partial charge is 0.390 e. The van der Waals surface area contributed by atoms with Crippen molar-refractivity contribution in [1.29, 1.82) is 0 Å². The van der Waals surface area contributed by atoms with Crippen LogP contribution in [0.2, 0.25) is 0 Å². The van der Waals surface area contributed by atoms with Crippen LogP contribution in [0.4, 0.5) is 0 Å². The van der Waals surface area contributed by atoms with Crippen LogP contribution in [0.25, 0.3) is 0 Å². The maximum absolute atomic E-state index is 9.70. The van der Waals surface area contributed by atoms with E-state index in [1.807, 2.05) is 0 Å². The molecule has 5 N–H and O–H groups in total. The first-order chi connectivity index (χ1) is 5.12. The zero-order valence-corrected chi connectivity index (χ0v) is 6.27. The molecule has 4 heteroatoms. The highest BCUT2D eigenvalue weighted by Gasteiger charge is 2.54. The summed E-state index contributed by atoms with van der Waals surface area (Å²) in [7, 11) is 0. The van der Waals surface area contributed by atoms with Crippen LogP contribution >= 0.6 is 0 Å². The summed E-state index contributed by atoms with van der Waals surface area (Å²) in [6.07, 6.45) is 0.378. The zero-order chi connectivity index (χ0) is 8.06. The summed E-state index contributed by atoms with van der Waals surface area (Å²) in [5.41, 5.74) is -1.09. The minimum absolute atomic E-state index is 0.304. The molecule has 0 amide bonds. The van der Waals surface area contributed by atoms with Crippen LogP contribution in [0, 0.1) is 0 Å². The quantitative estimate of drug-likeness (QED) is 0.317. The molecule has 2 fully saturated rings. The number of hydrogen-bond donors (Lipinski definition) is 4. The molecule has 0 spiro atoms. The monoisotopic (exact) mass is 160 g/mol. The van der Waals surface area contributed by atoms with Gasteiger partial charge in [-0.3, -0.25) is 0 Å². The SMILES string of the molecule is OC1CC2CCC(O)([NH2+]2)C1O. The molecule has 4 unspecified atom stereocenters. The molecule has 2 aliphatic rings. The maximum atomic E-state index is 9.70. The van der Waals surface area contributed by atoms with Crippen molar-refractivity contribution in [2.75, 3.05) is 0 Å². The summed E-state index contributed by atoms with van der Waals surface area (Å²) < 4.78 is 0. The van der Waals surface area contributed by atoms with Crippen LogP contribution in [-0.2, 0) is 0 Å². The molecule has 0 aromatic carbocycles. The average molecular weight is 160 g/mol. The molecule has 0 aromatic heterocycles. The van der Waals surface area contributed by atoms with E-state index in [-0.39, 0.29) is 0 Å². The highest BCUT2D eigenvalue weighted by Crippen LogP contribution is 2.27. The third-order valence-electron chi connectivity index (χ3n) is 2.86. The molecule has 11 heavy (non-hydrogen) atoms. The second kappa shape index (κ2) is 2.17. The number of fused-ring (bicyclic) bond motifs is 2. The van der Waals surface area contributed by atoms with Crippen molar-refractivity contribution >= 4 is 0 Å². The summed E-state index contributed by atoms with van der Waals surface area (Å²) in [4.78, 5) is 0. The first-order valence-electron chi connectivity index (χ1n) is 4.06. The van der Waals surface area contributed by atoms with E-state index in [1.165, 1.54) is 0 Å². The fourth-order valence-electron chi connectivity index (χ4n) is 2.20. The minimum Gasteiger partial charge on any atom is -0.390 e. The van der Waals surface area contributed by atoms with Crippen LogP contribution in [0.3, 0.4) is 0 Å². The second-order valence-electron chi connectivity index (χ2n) is 3.70. The zero-order valence-electron chi connectivity index (χ0n) is 6.27. The molecular weight excluding hydrogens is 146 g/mol. The topological polar surface area (TPSA) is 77.3 Å². The van der Waals surface area contributed by atoms with E-state index in [4.69, 9.17) is 0 Å². The minimum atomic E-state index is -1.09. The number of quaternary nitrogens is 1. The van der Waals surface area contributed by atoms with E-state index in [9.17, 15) is 15.3 Å². The highest BCUT2D eigenvalue weighted by molar-refractivity contribution is 4.92. The molecule has 4 nitrogen and oxygen atoms in total. The van der Waals surface area contributed by atoms with Gasteiger partial charge < -0.3 is 20.6 Å². The molecule has 4 atom stereocenters. The van der Waals surface area contributed by atoms with Crippen molar-refractivity contribution in [3.05, 3.63) is 0 Å². The van der Waals surface area contributed by atoms with Gasteiger partial charge in [-0.2, -0.15) is 0 Å². The maximum Gasteiger partial charge on any atom is 0.227 e.